The van der Waals surface area contributed by atoms with Gasteiger partial charge in [0.2, 0.25) is 0 Å². The first-order valence-corrected chi connectivity index (χ1v) is 8.59. The van der Waals surface area contributed by atoms with Gasteiger partial charge < -0.3 is 14.4 Å². The topological polar surface area (TPSA) is 38.8 Å². The van der Waals surface area contributed by atoms with Crippen molar-refractivity contribution in [2.45, 2.75) is 12.8 Å². The van der Waals surface area contributed by atoms with Crippen molar-refractivity contribution in [3.63, 3.8) is 0 Å². The van der Waals surface area contributed by atoms with Crippen LogP contribution in [0, 0.1) is 0 Å². The Bertz CT molecular complexity index is 767. The van der Waals surface area contributed by atoms with E-state index in [0.29, 0.717) is 35.1 Å². The van der Waals surface area contributed by atoms with Gasteiger partial charge in [-0.25, -0.2) is 0 Å². The molecule has 0 bridgehead atoms. The molecule has 0 radical (unpaired) electrons. The van der Waals surface area contributed by atoms with Crippen molar-refractivity contribution in [1.82, 2.24) is 0 Å². The third kappa shape index (κ3) is 2.82. The van der Waals surface area contributed by atoms with E-state index in [1.54, 1.807) is 24.3 Å². The highest BCUT2D eigenvalue weighted by molar-refractivity contribution is 6.30. The van der Waals surface area contributed by atoms with Gasteiger partial charge in [0.15, 0.2) is 17.3 Å². The van der Waals surface area contributed by atoms with Crippen LogP contribution < -0.4 is 14.4 Å². The van der Waals surface area contributed by atoms with Crippen LogP contribution in [0.25, 0.3) is 0 Å². The van der Waals surface area contributed by atoms with Gasteiger partial charge in [0.25, 0.3) is 0 Å². The molecule has 2 aromatic carbocycles. The summed E-state index contributed by atoms with van der Waals surface area (Å²) in [4.78, 5) is 15.3. The molecule has 0 saturated carbocycles. The van der Waals surface area contributed by atoms with Crippen LogP contribution in [0.15, 0.2) is 36.4 Å². The first kappa shape index (κ1) is 15.3. The molecule has 5 heteroatoms. The average molecular weight is 344 g/mol. The van der Waals surface area contributed by atoms with E-state index in [4.69, 9.17) is 21.1 Å². The van der Waals surface area contributed by atoms with E-state index in [1.807, 2.05) is 12.1 Å². The number of carbonyl (C=O) groups is 1. The number of anilines is 1. The van der Waals surface area contributed by atoms with Crippen molar-refractivity contribution in [1.29, 1.82) is 0 Å². The van der Waals surface area contributed by atoms with Gasteiger partial charge in [-0.15, -0.1) is 0 Å². The molecule has 1 saturated heterocycles. The number of ketones is 1. The highest BCUT2D eigenvalue weighted by atomic mass is 35.5. The standard InChI is InChI=1S/C19H18ClNO3/c20-14-5-3-13(4-6-14)19(22)15-11-17-18(24-10-9-23-17)12-16(15)21-7-1-2-8-21/h3-6,11-12H,1-2,7-10H2. The summed E-state index contributed by atoms with van der Waals surface area (Å²) in [6.07, 6.45) is 2.28. The largest absolute Gasteiger partial charge is 0.486 e. The van der Waals surface area contributed by atoms with E-state index in [-0.39, 0.29) is 5.78 Å². The minimum atomic E-state index is -0.0226. The molecule has 2 heterocycles. The predicted molar refractivity (Wildman–Crippen MR) is 93.8 cm³/mol. The number of carbonyl (C=O) groups excluding carboxylic acids is 1. The molecule has 2 aliphatic heterocycles. The van der Waals surface area contributed by atoms with E-state index >= 15 is 0 Å². The minimum absolute atomic E-state index is 0.0226. The molecule has 0 aliphatic carbocycles. The van der Waals surface area contributed by atoms with Crippen LogP contribution in [0.1, 0.15) is 28.8 Å². The average Bonchev–Trinajstić information content (AvgIpc) is 3.15. The summed E-state index contributed by atoms with van der Waals surface area (Å²) in [5.74, 6) is 1.34. The van der Waals surface area contributed by atoms with E-state index in [0.717, 1.165) is 37.4 Å². The summed E-state index contributed by atoms with van der Waals surface area (Å²) in [5, 5.41) is 0.619. The molecule has 0 unspecified atom stereocenters. The van der Waals surface area contributed by atoms with Crippen molar-refractivity contribution in [3.05, 3.63) is 52.5 Å². The second-order valence-corrected chi connectivity index (χ2v) is 6.48. The van der Waals surface area contributed by atoms with Gasteiger partial charge in [-0.1, -0.05) is 11.6 Å². The fourth-order valence-electron chi connectivity index (χ4n) is 3.24. The Morgan fingerprint density at radius 3 is 2.25 bits per heavy atom. The van der Waals surface area contributed by atoms with Gasteiger partial charge in [-0.2, -0.15) is 0 Å². The van der Waals surface area contributed by atoms with Gasteiger partial charge in [0, 0.05) is 35.3 Å². The lowest BCUT2D eigenvalue weighted by Gasteiger charge is -2.25. The summed E-state index contributed by atoms with van der Waals surface area (Å²) in [6.45, 7) is 2.96. The molecule has 0 atom stereocenters. The number of nitrogens with zero attached hydrogens (tertiary/aromatic N) is 1. The summed E-state index contributed by atoms with van der Waals surface area (Å²) in [7, 11) is 0. The Hall–Kier alpha value is -2.20. The highest BCUT2D eigenvalue weighted by Crippen LogP contribution is 2.39. The summed E-state index contributed by atoms with van der Waals surface area (Å²) in [6, 6.07) is 10.8. The third-order valence-corrected chi connectivity index (χ3v) is 4.71. The summed E-state index contributed by atoms with van der Waals surface area (Å²) >= 11 is 5.94. The van der Waals surface area contributed by atoms with Crippen molar-refractivity contribution in [2.24, 2.45) is 0 Å². The molecule has 4 nitrogen and oxygen atoms in total. The number of rotatable bonds is 3. The Morgan fingerprint density at radius 1 is 0.958 bits per heavy atom. The maximum absolute atomic E-state index is 13.1. The lowest BCUT2D eigenvalue weighted by Crippen LogP contribution is -2.23. The lowest BCUT2D eigenvalue weighted by molar-refractivity contribution is 0.103. The first-order chi connectivity index (χ1) is 11.7. The maximum atomic E-state index is 13.1. The normalized spacial score (nSPS) is 16.3. The molecular formula is C19H18ClNO3. The van der Waals surface area contributed by atoms with Crippen LogP contribution in [0.5, 0.6) is 11.5 Å². The van der Waals surface area contributed by atoms with Crippen molar-refractivity contribution < 1.29 is 14.3 Å². The zero-order valence-electron chi connectivity index (χ0n) is 13.3. The molecule has 24 heavy (non-hydrogen) atoms. The molecule has 1 fully saturated rings. The zero-order chi connectivity index (χ0) is 16.5. The SMILES string of the molecule is O=C(c1ccc(Cl)cc1)c1cc2c(cc1N1CCCC1)OCCO2. The van der Waals surface area contributed by atoms with E-state index < -0.39 is 0 Å². The second kappa shape index (κ2) is 6.36. The number of ether oxygens (including phenoxy) is 2. The van der Waals surface area contributed by atoms with Crippen molar-refractivity contribution in [2.75, 3.05) is 31.2 Å². The number of hydrogen-bond donors (Lipinski definition) is 0. The van der Waals surface area contributed by atoms with Gasteiger partial charge in [0.1, 0.15) is 13.2 Å². The number of fused-ring (bicyclic) bond motifs is 1. The van der Waals surface area contributed by atoms with E-state index in [1.165, 1.54) is 0 Å². The van der Waals surface area contributed by atoms with Crippen LogP contribution in [0.2, 0.25) is 5.02 Å². The molecular weight excluding hydrogens is 326 g/mol. The molecule has 0 aromatic heterocycles. The fraction of sp³-hybridized carbons (Fsp3) is 0.316. The Balaban J connectivity index is 1.79. The van der Waals surface area contributed by atoms with Gasteiger partial charge >= 0.3 is 0 Å². The molecule has 0 amide bonds. The predicted octanol–water partition coefficient (Wildman–Crippen LogP) is 3.94. The molecule has 2 aliphatic rings. The Morgan fingerprint density at radius 2 is 1.58 bits per heavy atom. The Kier molecular flexibility index (Phi) is 4.07. The quantitative estimate of drug-likeness (QED) is 0.791. The van der Waals surface area contributed by atoms with Crippen LogP contribution >= 0.6 is 11.6 Å². The van der Waals surface area contributed by atoms with Crippen LogP contribution in [0.4, 0.5) is 5.69 Å². The summed E-state index contributed by atoms with van der Waals surface area (Å²) < 4.78 is 11.4. The number of halogens is 1. The lowest BCUT2D eigenvalue weighted by atomic mass is 10.00. The first-order valence-electron chi connectivity index (χ1n) is 8.21. The second-order valence-electron chi connectivity index (χ2n) is 6.04. The maximum Gasteiger partial charge on any atom is 0.195 e. The molecule has 124 valence electrons. The molecule has 4 rings (SSSR count). The molecule has 0 spiro atoms. The Labute approximate surface area is 145 Å². The highest BCUT2D eigenvalue weighted by Gasteiger charge is 2.25. The van der Waals surface area contributed by atoms with E-state index in [2.05, 4.69) is 4.90 Å². The monoisotopic (exact) mass is 343 g/mol. The van der Waals surface area contributed by atoms with Crippen LogP contribution in [0.3, 0.4) is 0 Å². The van der Waals surface area contributed by atoms with Crippen molar-refractivity contribution in [3.8, 4) is 11.5 Å². The smallest absolute Gasteiger partial charge is 0.195 e. The number of benzene rings is 2. The third-order valence-electron chi connectivity index (χ3n) is 4.46. The van der Waals surface area contributed by atoms with Gasteiger partial charge in [-0.3, -0.25) is 4.79 Å². The van der Waals surface area contributed by atoms with Crippen LogP contribution in [-0.4, -0.2) is 32.1 Å². The minimum Gasteiger partial charge on any atom is -0.486 e. The molecule has 0 N–H and O–H groups in total. The zero-order valence-corrected chi connectivity index (χ0v) is 14.0. The summed E-state index contributed by atoms with van der Waals surface area (Å²) in [5.41, 5.74) is 2.21. The van der Waals surface area contributed by atoms with E-state index in [9.17, 15) is 4.79 Å². The van der Waals surface area contributed by atoms with Gasteiger partial charge in [0.05, 0.1) is 5.69 Å². The van der Waals surface area contributed by atoms with Crippen molar-refractivity contribution >= 4 is 23.1 Å². The van der Waals surface area contributed by atoms with Crippen LogP contribution in [-0.2, 0) is 0 Å². The molecule has 2 aromatic rings. The van der Waals surface area contributed by atoms with Gasteiger partial charge in [-0.05, 0) is 43.2 Å². The number of hydrogen-bond acceptors (Lipinski definition) is 4. The fourth-order valence-corrected chi connectivity index (χ4v) is 3.36.